The SMILES string of the molecule is CN(C)C[C@](C)(O)CN[C@@H]1CCC[C@@H](C(F)(F)F)C1. The highest BCUT2D eigenvalue weighted by Crippen LogP contribution is 2.37. The maximum atomic E-state index is 12.7. The molecule has 0 unspecified atom stereocenters. The van der Waals surface area contributed by atoms with Gasteiger partial charge in [0.05, 0.1) is 11.5 Å². The van der Waals surface area contributed by atoms with Crippen LogP contribution in [0.1, 0.15) is 32.6 Å². The number of aliphatic hydroxyl groups is 1. The third-order valence-corrected chi connectivity index (χ3v) is 3.57. The van der Waals surface area contributed by atoms with Crippen molar-refractivity contribution in [1.29, 1.82) is 0 Å². The standard InChI is InChI=1S/C13H25F3N2O/c1-12(19,9-18(2)3)8-17-11-6-4-5-10(7-11)13(14,15)16/h10-11,17,19H,4-9H2,1-3H3/t10-,11-,12-/m1/s1. The lowest BCUT2D eigenvalue weighted by Crippen LogP contribution is -2.49. The molecule has 1 aliphatic rings. The molecule has 0 aliphatic heterocycles. The summed E-state index contributed by atoms with van der Waals surface area (Å²) in [5, 5.41) is 13.2. The first-order chi connectivity index (χ1) is 8.60. The zero-order valence-corrected chi connectivity index (χ0v) is 11.9. The second-order valence-corrected chi connectivity index (χ2v) is 6.22. The average molecular weight is 282 g/mol. The molecule has 0 aromatic rings. The van der Waals surface area contributed by atoms with Gasteiger partial charge < -0.3 is 15.3 Å². The van der Waals surface area contributed by atoms with E-state index >= 15 is 0 Å². The Hall–Kier alpha value is -0.330. The third kappa shape index (κ3) is 6.10. The fourth-order valence-corrected chi connectivity index (χ4v) is 2.77. The van der Waals surface area contributed by atoms with Crippen molar-refractivity contribution >= 4 is 0 Å². The van der Waals surface area contributed by atoms with E-state index in [0.29, 0.717) is 19.5 Å². The highest BCUT2D eigenvalue weighted by molar-refractivity contribution is 4.85. The minimum Gasteiger partial charge on any atom is -0.388 e. The van der Waals surface area contributed by atoms with Crippen molar-refractivity contribution in [1.82, 2.24) is 10.2 Å². The molecule has 0 saturated heterocycles. The van der Waals surface area contributed by atoms with Gasteiger partial charge >= 0.3 is 6.18 Å². The minimum absolute atomic E-state index is 0.127. The van der Waals surface area contributed by atoms with E-state index in [0.717, 1.165) is 6.42 Å². The lowest BCUT2D eigenvalue weighted by atomic mass is 9.85. The lowest BCUT2D eigenvalue weighted by molar-refractivity contribution is -0.183. The molecule has 0 amide bonds. The molecule has 19 heavy (non-hydrogen) atoms. The number of hydrogen-bond donors (Lipinski definition) is 2. The Labute approximate surface area is 113 Å². The summed E-state index contributed by atoms with van der Waals surface area (Å²) in [5.74, 6) is -1.20. The fraction of sp³-hybridized carbons (Fsp3) is 1.00. The van der Waals surface area contributed by atoms with Gasteiger partial charge in [0.2, 0.25) is 0 Å². The van der Waals surface area contributed by atoms with Crippen LogP contribution in [0.3, 0.4) is 0 Å². The van der Waals surface area contributed by atoms with Crippen LogP contribution in [0, 0.1) is 5.92 Å². The summed E-state index contributed by atoms with van der Waals surface area (Å²) in [5.41, 5.74) is -0.922. The van der Waals surface area contributed by atoms with E-state index < -0.39 is 17.7 Å². The average Bonchev–Trinajstić information content (AvgIpc) is 2.24. The van der Waals surface area contributed by atoms with Crippen molar-refractivity contribution in [2.45, 2.75) is 50.4 Å². The second kappa shape index (κ2) is 6.41. The van der Waals surface area contributed by atoms with Gasteiger partial charge in [-0.3, -0.25) is 0 Å². The van der Waals surface area contributed by atoms with Crippen LogP contribution in [0.15, 0.2) is 0 Å². The molecule has 0 heterocycles. The van der Waals surface area contributed by atoms with Crippen LogP contribution in [0.2, 0.25) is 0 Å². The van der Waals surface area contributed by atoms with Gasteiger partial charge in [-0.2, -0.15) is 13.2 Å². The van der Waals surface area contributed by atoms with E-state index in [2.05, 4.69) is 5.32 Å². The summed E-state index contributed by atoms with van der Waals surface area (Å²) < 4.78 is 38.0. The lowest BCUT2D eigenvalue weighted by Gasteiger charge is -2.34. The number of hydrogen-bond acceptors (Lipinski definition) is 3. The molecule has 0 aromatic carbocycles. The zero-order chi connectivity index (χ0) is 14.7. The zero-order valence-electron chi connectivity index (χ0n) is 11.9. The Morgan fingerprint density at radius 1 is 1.26 bits per heavy atom. The predicted molar refractivity (Wildman–Crippen MR) is 69.0 cm³/mol. The van der Waals surface area contributed by atoms with Gasteiger partial charge in [-0.1, -0.05) is 6.42 Å². The first-order valence-electron chi connectivity index (χ1n) is 6.77. The van der Waals surface area contributed by atoms with E-state index in [4.69, 9.17) is 0 Å². The number of nitrogens with zero attached hydrogens (tertiary/aromatic N) is 1. The molecule has 114 valence electrons. The summed E-state index contributed by atoms with van der Waals surface area (Å²) in [6, 6.07) is -0.144. The van der Waals surface area contributed by atoms with Crippen molar-refractivity contribution in [3.05, 3.63) is 0 Å². The smallest absolute Gasteiger partial charge is 0.388 e. The normalized spacial score (nSPS) is 28.4. The third-order valence-electron chi connectivity index (χ3n) is 3.57. The summed E-state index contributed by atoms with van der Waals surface area (Å²) in [6.07, 6.45) is -2.38. The van der Waals surface area contributed by atoms with E-state index in [9.17, 15) is 18.3 Å². The molecule has 6 heteroatoms. The number of halogens is 3. The van der Waals surface area contributed by atoms with Crippen molar-refractivity contribution in [3.8, 4) is 0 Å². The van der Waals surface area contributed by atoms with E-state index in [1.165, 1.54) is 0 Å². The molecule has 0 aromatic heterocycles. The van der Waals surface area contributed by atoms with Gasteiger partial charge in [0, 0.05) is 19.1 Å². The topological polar surface area (TPSA) is 35.5 Å². The highest BCUT2D eigenvalue weighted by Gasteiger charge is 2.42. The maximum Gasteiger partial charge on any atom is 0.391 e. The molecular formula is C13H25F3N2O. The van der Waals surface area contributed by atoms with Crippen LogP contribution < -0.4 is 5.32 Å². The van der Waals surface area contributed by atoms with Gasteiger partial charge in [-0.15, -0.1) is 0 Å². The second-order valence-electron chi connectivity index (χ2n) is 6.22. The molecule has 1 saturated carbocycles. The monoisotopic (exact) mass is 282 g/mol. The Kier molecular flexibility index (Phi) is 5.65. The largest absolute Gasteiger partial charge is 0.391 e. The number of likely N-dealkylation sites (N-methyl/N-ethyl adjacent to an activating group) is 1. The summed E-state index contributed by atoms with van der Waals surface area (Å²) >= 11 is 0. The number of nitrogens with one attached hydrogen (secondary N) is 1. The molecule has 3 atom stereocenters. The molecule has 0 bridgehead atoms. The van der Waals surface area contributed by atoms with Crippen LogP contribution in [-0.4, -0.2) is 55.0 Å². The Bertz CT molecular complexity index is 280. The first kappa shape index (κ1) is 16.7. The van der Waals surface area contributed by atoms with Crippen molar-refractivity contribution < 1.29 is 18.3 Å². The predicted octanol–water partition coefficient (Wildman–Crippen LogP) is 2.01. The van der Waals surface area contributed by atoms with Crippen LogP contribution in [0.4, 0.5) is 13.2 Å². The van der Waals surface area contributed by atoms with Crippen molar-refractivity contribution in [2.75, 3.05) is 27.2 Å². The first-order valence-corrected chi connectivity index (χ1v) is 6.77. The van der Waals surface area contributed by atoms with E-state index in [1.54, 1.807) is 6.92 Å². The molecule has 1 aliphatic carbocycles. The summed E-state index contributed by atoms with van der Waals surface area (Å²) in [7, 11) is 3.71. The molecule has 1 rings (SSSR count). The maximum absolute atomic E-state index is 12.7. The Balaban J connectivity index is 2.41. The summed E-state index contributed by atoms with van der Waals surface area (Å²) in [4.78, 5) is 1.86. The number of rotatable bonds is 5. The van der Waals surface area contributed by atoms with Gasteiger partial charge in [-0.05, 0) is 40.3 Å². The molecule has 0 spiro atoms. The Morgan fingerprint density at radius 2 is 1.89 bits per heavy atom. The number of alkyl halides is 3. The minimum atomic E-state index is -4.09. The van der Waals surface area contributed by atoms with Gasteiger partial charge in [0.15, 0.2) is 0 Å². The molecule has 1 fully saturated rings. The Morgan fingerprint density at radius 3 is 2.42 bits per heavy atom. The van der Waals surface area contributed by atoms with Gasteiger partial charge in [-0.25, -0.2) is 0 Å². The van der Waals surface area contributed by atoms with E-state index in [-0.39, 0.29) is 18.9 Å². The van der Waals surface area contributed by atoms with Crippen LogP contribution in [-0.2, 0) is 0 Å². The van der Waals surface area contributed by atoms with Crippen LogP contribution in [0.25, 0.3) is 0 Å². The van der Waals surface area contributed by atoms with Gasteiger partial charge in [0.25, 0.3) is 0 Å². The molecule has 3 nitrogen and oxygen atoms in total. The summed E-state index contributed by atoms with van der Waals surface area (Å²) in [6.45, 7) is 2.50. The molecular weight excluding hydrogens is 257 g/mol. The van der Waals surface area contributed by atoms with Crippen LogP contribution in [0.5, 0.6) is 0 Å². The van der Waals surface area contributed by atoms with Crippen molar-refractivity contribution in [3.63, 3.8) is 0 Å². The fourth-order valence-electron chi connectivity index (χ4n) is 2.77. The highest BCUT2D eigenvalue weighted by atomic mass is 19.4. The van der Waals surface area contributed by atoms with Crippen LogP contribution >= 0.6 is 0 Å². The quantitative estimate of drug-likeness (QED) is 0.809. The van der Waals surface area contributed by atoms with Crippen molar-refractivity contribution in [2.24, 2.45) is 5.92 Å². The van der Waals surface area contributed by atoms with E-state index in [1.807, 2.05) is 19.0 Å². The molecule has 0 radical (unpaired) electrons. The van der Waals surface area contributed by atoms with Gasteiger partial charge in [0.1, 0.15) is 0 Å². The molecule has 2 N–H and O–H groups in total.